The predicted molar refractivity (Wildman–Crippen MR) is 108 cm³/mol. The van der Waals surface area contributed by atoms with Gasteiger partial charge < -0.3 is 4.74 Å². The first-order chi connectivity index (χ1) is 13.4. The Balaban J connectivity index is 1.83. The lowest BCUT2D eigenvalue weighted by molar-refractivity contribution is -0.134. The molecule has 0 saturated carbocycles. The number of fused-ring (bicyclic) bond motifs is 1. The third-order valence-corrected chi connectivity index (χ3v) is 7.09. The second-order valence-electron chi connectivity index (χ2n) is 7.13. The van der Waals surface area contributed by atoms with Crippen molar-refractivity contribution in [1.82, 2.24) is 0 Å². The number of carbonyl (C=O) groups excluding carboxylic acids is 1. The topological polar surface area (TPSA) is 60.4 Å². The zero-order valence-electron chi connectivity index (χ0n) is 15.7. The van der Waals surface area contributed by atoms with Crippen molar-refractivity contribution in [2.45, 2.75) is 30.4 Å². The Morgan fingerprint density at radius 2 is 1.57 bits per heavy atom. The summed E-state index contributed by atoms with van der Waals surface area (Å²) < 4.78 is 32.4. The number of rotatable bonds is 3. The van der Waals surface area contributed by atoms with E-state index < -0.39 is 21.1 Å². The molecule has 1 aliphatic rings. The van der Waals surface area contributed by atoms with Gasteiger partial charge in [-0.1, -0.05) is 60.2 Å². The number of ether oxygens (including phenoxy) is 1. The van der Waals surface area contributed by atoms with Gasteiger partial charge in [-0.3, -0.25) is 4.79 Å². The van der Waals surface area contributed by atoms with Crippen molar-refractivity contribution in [3.8, 4) is 16.9 Å². The molecule has 142 valence electrons. The first kappa shape index (κ1) is 18.4. The molecule has 0 saturated heterocycles. The standard InChI is InChI=1S/C23H20O4S/c1-15-7-10-17(11-8-15)19-12-9-16(2)13-21(19)28(25,26)22-14-18-5-3-4-6-20(18)27-23(22)24/h3-13,22H,14H2,1-2H3. The van der Waals surface area contributed by atoms with Gasteiger partial charge >= 0.3 is 5.97 Å². The maximum absolute atomic E-state index is 13.5. The normalized spacial score (nSPS) is 16.4. The van der Waals surface area contributed by atoms with E-state index in [1.807, 2.05) is 50.2 Å². The lowest BCUT2D eigenvalue weighted by Crippen LogP contribution is -2.39. The summed E-state index contributed by atoms with van der Waals surface area (Å²) in [6.07, 6.45) is 0.110. The second-order valence-corrected chi connectivity index (χ2v) is 9.23. The van der Waals surface area contributed by atoms with Crippen LogP contribution >= 0.6 is 0 Å². The Morgan fingerprint density at radius 3 is 2.32 bits per heavy atom. The van der Waals surface area contributed by atoms with E-state index in [0.717, 1.165) is 22.3 Å². The molecule has 5 heteroatoms. The molecule has 3 aromatic carbocycles. The van der Waals surface area contributed by atoms with Gasteiger partial charge in [0.05, 0.1) is 4.90 Å². The molecule has 1 unspecified atom stereocenters. The number of para-hydroxylation sites is 1. The Hall–Kier alpha value is -2.92. The molecule has 0 N–H and O–H groups in total. The van der Waals surface area contributed by atoms with Crippen molar-refractivity contribution in [3.05, 3.63) is 83.4 Å². The molecule has 0 fully saturated rings. The number of benzene rings is 3. The maximum atomic E-state index is 13.5. The van der Waals surface area contributed by atoms with Gasteiger partial charge in [-0.15, -0.1) is 0 Å². The van der Waals surface area contributed by atoms with Crippen LogP contribution < -0.4 is 4.74 Å². The van der Waals surface area contributed by atoms with E-state index >= 15 is 0 Å². The van der Waals surface area contributed by atoms with Crippen LogP contribution in [0.3, 0.4) is 0 Å². The van der Waals surface area contributed by atoms with Crippen molar-refractivity contribution in [2.75, 3.05) is 0 Å². The van der Waals surface area contributed by atoms with Crippen LogP contribution in [0.25, 0.3) is 11.1 Å². The van der Waals surface area contributed by atoms with Crippen molar-refractivity contribution in [3.63, 3.8) is 0 Å². The molecule has 3 aromatic rings. The number of hydrogen-bond donors (Lipinski definition) is 0. The largest absolute Gasteiger partial charge is 0.425 e. The zero-order chi connectivity index (χ0) is 19.9. The fourth-order valence-electron chi connectivity index (χ4n) is 3.46. The summed E-state index contributed by atoms with van der Waals surface area (Å²) in [7, 11) is -3.94. The molecule has 1 aliphatic heterocycles. The van der Waals surface area contributed by atoms with Crippen molar-refractivity contribution in [2.24, 2.45) is 0 Å². The molecule has 0 aromatic heterocycles. The molecule has 4 nitrogen and oxygen atoms in total. The Labute approximate surface area is 164 Å². The third kappa shape index (κ3) is 3.22. The Bertz CT molecular complexity index is 1160. The summed E-state index contributed by atoms with van der Waals surface area (Å²) in [5, 5.41) is -1.26. The highest BCUT2D eigenvalue weighted by Crippen LogP contribution is 2.35. The summed E-state index contributed by atoms with van der Waals surface area (Å²) >= 11 is 0. The van der Waals surface area contributed by atoms with E-state index in [-0.39, 0.29) is 11.3 Å². The number of carbonyl (C=O) groups is 1. The highest BCUT2D eigenvalue weighted by molar-refractivity contribution is 7.93. The van der Waals surface area contributed by atoms with Crippen LogP contribution in [-0.2, 0) is 21.1 Å². The molecule has 0 bridgehead atoms. The van der Waals surface area contributed by atoms with Crippen LogP contribution in [0.2, 0.25) is 0 Å². The van der Waals surface area contributed by atoms with Crippen molar-refractivity contribution in [1.29, 1.82) is 0 Å². The van der Waals surface area contributed by atoms with Gasteiger partial charge in [0.1, 0.15) is 5.75 Å². The van der Waals surface area contributed by atoms with E-state index in [9.17, 15) is 13.2 Å². The van der Waals surface area contributed by atoms with Crippen LogP contribution in [0, 0.1) is 13.8 Å². The molecular formula is C23H20O4S. The van der Waals surface area contributed by atoms with Crippen LogP contribution in [0.4, 0.5) is 0 Å². The third-order valence-electron chi connectivity index (χ3n) is 5.03. The Morgan fingerprint density at radius 1 is 0.893 bits per heavy atom. The minimum atomic E-state index is -3.94. The van der Waals surface area contributed by atoms with Crippen LogP contribution in [0.1, 0.15) is 16.7 Å². The highest BCUT2D eigenvalue weighted by Gasteiger charge is 2.40. The minimum absolute atomic E-state index is 0.110. The lowest BCUT2D eigenvalue weighted by Gasteiger charge is -2.24. The summed E-state index contributed by atoms with van der Waals surface area (Å²) in [6, 6.07) is 20.0. The van der Waals surface area contributed by atoms with E-state index in [0.29, 0.717) is 11.3 Å². The first-order valence-electron chi connectivity index (χ1n) is 9.07. The number of esters is 1. The summed E-state index contributed by atoms with van der Waals surface area (Å²) in [4.78, 5) is 12.7. The van der Waals surface area contributed by atoms with E-state index in [1.165, 1.54) is 0 Å². The highest BCUT2D eigenvalue weighted by atomic mass is 32.2. The van der Waals surface area contributed by atoms with Crippen LogP contribution in [0.5, 0.6) is 5.75 Å². The SMILES string of the molecule is Cc1ccc(-c2ccc(C)cc2S(=O)(=O)C2Cc3ccccc3OC2=O)cc1. The van der Waals surface area contributed by atoms with Gasteiger partial charge in [-0.05, 0) is 42.7 Å². The number of aryl methyl sites for hydroxylation is 2. The van der Waals surface area contributed by atoms with E-state index in [1.54, 1.807) is 30.3 Å². The Kier molecular flexibility index (Phi) is 4.55. The van der Waals surface area contributed by atoms with Crippen LogP contribution in [-0.4, -0.2) is 19.6 Å². The molecule has 0 amide bonds. The lowest BCUT2D eigenvalue weighted by atomic mass is 10.0. The molecule has 28 heavy (non-hydrogen) atoms. The molecule has 0 aliphatic carbocycles. The zero-order valence-corrected chi connectivity index (χ0v) is 16.5. The number of sulfone groups is 1. The first-order valence-corrected chi connectivity index (χ1v) is 10.6. The van der Waals surface area contributed by atoms with Gasteiger partial charge in [0.2, 0.25) is 0 Å². The number of hydrogen-bond acceptors (Lipinski definition) is 4. The summed E-state index contributed by atoms with van der Waals surface area (Å²) in [6.45, 7) is 3.82. The molecule has 1 heterocycles. The van der Waals surface area contributed by atoms with E-state index in [4.69, 9.17) is 4.74 Å². The average molecular weight is 392 g/mol. The molecule has 0 spiro atoms. The quantitative estimate of drug-likeness (QED) is 0.493. The molecule has 4 rings (SSSR count). The van der Waals surface area contributed by atoms with Crippen LogP contribution in [0.15, 0.2) is 71.6 Å². The predicted octanol–water partition coefficient (Wildman–Crippen LogP) is 4.27. The molecule has 1 atom stereocenters. The van der Waals surface area contributed by atoms with Gasteiger partial charge in [0.15, 0.2) is 15.1 Å². The van der Waals surface area contributed by atoms with Crippen molar-refractivity contribution >= 4 is 15.8 Å². The maximum Gasteiger partial charge on any atom is 0.330 e. The summed E-state index contributed by atoms with van der Waals surface area (Å²) in [5.74, 6) is -0.294. The fraction of sp³-hybridized carbons (Fsp3) is 0.174. The smallest absolute Gasteiger partial charge is 0.330 e. The van der Waals surface area contributed by atoms with E-state index in [2.05, 4.69) is 0 Å². The second kappa shape index (κ2) is 6.91. The van der Waals surface area contributed by atoms with Gasteiger partial charge in [0.25, 0.3) is 0 Å². The summed E-state index contributed by atoms with van der Waals surface area (Å²) in [5.41, 5.74) is 4.03. The monoisotopic (exact) mass is 392 g/mol. The molecule has 0 radical (unpaired) electrons. The van der Waals surface area contributed by atoms with Gasteiger partial charge in [-0.2, -0.15) is 0 Å². The molecular weight excluding hydrogens is 372 g/mol. The van der Waals surface area contributed by atoms with Gasteiger partial charge in [0, 0.05) is 12.0 Å². The van der Waals surface area contributed by atoms with Crippen molar-refractivity contribution < 1.29 is 17.9 Å². The minimum Gasteiger partial charge on any atom is -0.425 e. The average Bonchev–Trinajstić information content (AvgIpc) is 2.68. The fourth-order valence-corrected chi connectivity index (χ4v) is 5.30. The van der Waals surface area contributed by atoms with Gasteiger partial charge in [-0.25, -0.2) is 8.42 Å².